The molecule has 6 heteroatoms. The summed E-state index contributed by atoms with van der Waals surface area (Å²) >= 11 is 0. The minimum absolute atomic E-state index is 0.797. The normalized spacial score (nSPS) is 12.0. The second-order valence-electron chi connectivity index (χ2n) is 21.8. The molecule has 0 radical (unpaired) electrons. The molecule has 0 N–H and O–H groups in total. The lowest BCUT2D eigenvalue weighted by Gasteiger charge is -2.27. The zero-order chi connectivity index (χ0) is 54.2. The Balaban J connectivity index is 0.776. The van der Waals surface area contributed by atoms with Crippen LogP contribution in [0.4, 0.5) is 34.1 Å². The average Bonchev–Trinajstić information content (AvgIpc) is 4.09. The first-order chi connectivity index (χ1) is 40.5. The molecule has 0 bridgehead atoms. The zero-order valence-electron chi connectivity index (χ0n) is 45.0. The van der Waals surface area contributed by atoms with E-state index in [1.54, 1.807) is 0 Å². The summed E-state index contributed by atoms with van der Waals surface area (Å²) in [6.45, 7) is 4.38. The Bertz CT molecular complexity index is 5450. The smallest absolute Gasteiger partial charge is 0.147 e. The van der Waals surface area contributed by atoms with E-state index in [1.807, 2.05) is 0 Å². The van der Waals surface area contributed by atoms with Gasteiger partial charge in [0.1, 0.15) is 22.3 Å². The van der Waals surface area contributed by atoms with Crippen molar-refractivity contribution in [2.45, 2.75) is 13.8 Å². The highest BCUT2D eigenvalue weighted by molar-refractivity contribution is 6.24. The Morgan fingerprint density at radius 1 is 0.280 bits per heavy atom. The molecule has 0 saturated carbocycles. The third-order valence-electron chi connectivity index (χ3n) is 17.0. The van der Waals surface area contributed by atoms with Gasteiger partial charge < -0.3 is 27.8 Å². The van der Waals surface area contributed by atoms with E-state index in [9.17, 15) is 0 Å². The number of aromatic nitrogens is 2. The molecule has 17 rings (SSSR count). The summed E-state index contributed by atoms with van der Waals surface area (Å²) in [5.41, 5.74) is 19.2. The molecule has 4 heterocycles. The largest absolute Gasteiger partial charge is 0.456 e. The van der Waals surface area contributed by atoms with Crippen LogP contribution < -0.4 is 9.80 Å². The molecule has 6 nitrogen and oxygen atoms in total. The minimum atomic E-state index is 0.797. The Morgan fingerprint density at radius 3 is 1.26 bits per heavy atom. The quantitative estimate of drug-likeness (QED) is 0.152. The van der Waals surface area contributed by atoms with E-state index in [1.165, 1.54) is 54.7 Å². The first-order valence-corrected chi connectivity index (χ1v) is 28.1. The topological polar surface area (TPSA) is 42.6 Å². The number of rotatable bonds is 8. The maximum Gasteiger partial charge on any atom is 0.147 e. The molecule has 0 unspecified atom stereocenters. The number of benzene rings is 13. The van der Waals surface area contributed by atoms with E-state index in [0.717, 1.165) is 111 Å². The summed E-state index contributed by atoms with van der Waals surface area (Å²) in [6, 6.07) is 96.6. The van der Waals surface area contributed by atoms with Crippen molar-refractivity contribution in [1.29, 1.82) is 0 Å². The summed E-state index contributed by atoms with van der Waals surface area (Å²) in [7, 11) is 0. The number of hydrogen-bond donors (Lipinski definition) is 0. The lowest BCUT2D eigenvalue weighted by atomic mass is 10.0. The fourth-order valence-electron chi connectivity index (χ4n) is 13.2. The average molecular weight is 1050 g/mol. The number of fused-ring (bicyclic) bond motifs is 15. The van der Waals surface area contributed by atoms with Gasteiger partial charge in [-0.15, -0.1) is 0 Å². The zero-order valence-corrected chi connectivity index (χ0v) is 45.0. The molecular weight excluding hydrogens is 1000 g/mol. The highest BCUT2D eigenvalue weighted by atomic mass is 16.3. The molecule has 0 aliphatic heterocycles. The van der Waals surface area contributed by atoms with Gasteiger partial charge in [0.05, 0.1) is 27.5 Å². The van der Waals surface area contributed by atoms with Gasteiger partial charge in [0, 0.05) is 83.2 Å². The first-order valence-electron chi connectivity index (χ1n) is 28.1. The van der Waals surface area contributed by atoms with Gasteiger partial charge in [-0.3, -0.25) is 0 Å². The molecule has 82 heavy (non-hydrogen) atoms. The maximum absolute atomic E-state index is 7.03. The molecule has 0 saturated heterocycles. The second-order valence-corrected chi connectivity index (χ2v) is 21.8. The van der Waals surface area contributed by atoms with Crippen LogP contribution in [-0.4, -0.2) is 9.13 Å². The summed E-state index contributed by atoms with van der Waals surface area (Å²) in [4.78, 5) is 4.79. The van der Waals surface area contributed by atoms with Crippen LogP contribution in [0.3, 0.4) is 0 Å². The van der Waals surface area contributed by atoms with Crippen LogP contribution in [-0.2, 0) is 0 Å². The van der Waals surface area contributed by atoms with Crippen LogP contribution in [0.2, 0.25) is 0 Å². The Kier molecular flexibility index (Phi) is 10.0. The van der Waals surface area contributed by atoms with Crippen LogP contribution in [0.25, 0.3) is 120 Å². The second kappa shape index (κ2) is 17.8. The Hall–Kier alpha value is -10.8. The Labute approximate surface area is 471 Å². The summed E-state index contributed by atoms with van der Waals surface area (Å²) in [6.07, 6.45) is 0. The van der Waals surface area contributed by atoms with Gasteiger partial charge in [-0.1, -0.05) is 121 Å². The maximum atomic E-state index is 7.03. The number of furan rings is 2. The summed E-state index contributed by atoms with van der Waals surface area (Å²) in [5.74, 6) is 0. The van der Waals surface area contributed by atoms with E-state index < -0.39 is 0 Å². The van der Waals surface area contributed by atoms with Crippen molar-refractivity contribution in [1.82, 2.24) is 9.13 Å². The fourth-order valence-corrected chi connectivity index (χ4v) is 13.2. The molecule has 17 aromatic rings. The molecule has 0 aliphatic rings. The van der Waals surface area contributed by atoms with Crippen LogP contribution in [0.1, 0.15) is 11.1 Å². The van der Waals surface area contributed by atoms with Crippen LogP contribution in [0.5, 0.6) is 0 Å². The van der Waals surface area contributed by atoms with Crippen molar-refractivity contribution in [3.05, 3.63) is 278 Å². The van der Waals surface area contributed by atoms with E-state index in [-0.39, 0.29) is 0 Å². The number of aryl methyl sites for hydroxylation is 2. The third-order valence-corrected chi connectivity index (χ3v) is 17.0. The van der Waals surface area contributed by atoms with Gasteiger partial charge in [-0.25, -0.2) is 0 Å². The van der Waals surface area contributed by atoms with Crippen molar-refractivity contribution in [3.8, 4) is 11.4 Å². The van der Waals surface area contributed by atoms with Crippen LogP contribution >= 0.6 is 0 Å². The monoisotopic (exact) mass is 1050 g/mol. The molecule has 0 spiro atoms. The molecule has 0 atom stereocenters. The van der Waals surface area contributed by atoms with Gasteiger partial charge in [-0.2, -0.15) is 0 Å². The van der Waals surface area contributed by atoms with Crippen molar-refractivity contribution >= 4 is 143 Å². The molecule has 0 amide bonds. The first kappa shape index (κ1) is 46.1. The van der Waals surface area contributed by atoms with Crippen molar-refractivity contribution in [2.75, 3.05) is 9.80 Å². The molecule has 0 aliphatic carbocycles. The van der Waals surface area contributed by atoms with E-state index in [4.69, 9.17) is 8.83 Å². The molecular formula is C76H50N4O2. The van der Waals surface area contributed by atoms with Crippen molar-refractivity contribution in [3.63, 3.8) is 0 Å². The van der Waals surface area contributed by atoms with E-state index in [0.29, 0.717) is 0 Å². The van der Waals surface area contributed by atoms with Crippen molar-refractivity contribution < 1.29 is 8.83 Å². The lowest BCUT2D eigenvalue weighted by Crippen LogP contribution is -2.11. The van der Waals surface area contributed by atoms with Gasteiger partial charge in [0.25, 0.3) is 0 Å². The van der Waals surface area contributed by atoms with Crippen LogP contribution in [0.15, 0.2) is 276 Å². The number of nitrogens with zero attached hydrogens (tertiary/aromatic N) is 4. The molecule has 386 valence electrons. The molecule has 4 aromatic heterocycles. The van der Waals surface area contributed by atoms with Gasteiger partial charge >= 0.3 is 0 Å². The minimum Gasteiger partial charge on any atom is -0.456 e. The molecule has 0 fully saturated rings. The van der Waals surface area contributed by atoms with Gasteiger partial charge in [0.15, 0.2) is 0 Å². The predicted molar refractivity (Wildman–Crippen MR) is 344 cm³/mol. The molecule has 13 aromatic carbocycles. The highest BCUT2D eigenvalue weighted by Crippen LogP contribution is 2.47. The third kappa shape index (κ3) is 7.01. The number of anilines is 6. The van der Waals surface area contributed by atoms with Gasteiger partial charge in [-0.05, 0) is 192 Å². The highest BCUT2D eigenvalue weighted by Gasteiger charge is 2.23. The van der Waals surface area contributed by atoms with Crippen molar-refractivity contribution in [2.24, 2.45) is 0 Å². The fraction of sp³-hybridized carbons (Fsp3) is 0.0263. The van der Waals surface area contributed by atoms with Gasteiger partial charge in [0.2, 0.25) is 0 Å². The number of hydrogen-bond acceptors (Lipinski definition) is 4. The lowest BCUT2D eigenvalue weighted by molar-refractivity contribution is 0.663. The summed E-state index contributed by atoms with van der Waals surface area (Å²) < 4.78 is 18.6. The van der Waals surface area contributed by atoms with Crippen LogP contribution in [0, 0.1) is 13.8 Å². The SMILES string of the molecule is Cc1ccccc1N(c1ccc2cc3c(cc2c1)oc1c3ccc2oc3cc4cc(N(c5ccc6c(c5)c5ccccc5n6-c5ccccc5)c5ccccc5C)ccc4cc3c21)c1ccc2c(c1)c1ccccc1n2-c1ccccc1. The summed E-state index contributed by atoms with van der Waals surface area (Å²) in [5, 5.41) is 13.4. The Morgan fingerprint density at radius 2 is 0.720 bits per heavy atom. The van der Waals surface area contributed by atoms with E-state index in [2.05, 4.69) is 300 Å². The number of para-hydroxylation sites is 6. The standard InChI is InChI=1S/C76H50N4O2/c1-47-17-9-13-25-66(47)77(57-33-36-70-62(45-57)59-23-11-15-27-68(59)79(70)53-19-5-3-6-20-53)55-31-29-49-41-64-61-35-38-72-75(76(61)82-73(64)43-51(49)39-55)65-42-50-30-32-56(40-52(50)44-74(65)81-72)78(67-26-14-10-18-48(67)2)58-34-37-71-63(46-58)60-24-12-16-28-69(60)80(71)54-21-7-4-8-22-54/h3-46H,1-2H3. The predicted octanol–water partition coefficient (Wildman–Crippen LogP) is 21.5. The van der Waals surface area contributed by atoms with E-state index >= 15 is 0 Å².